The van der Waals surface area contributed by atoms with Crippen molar-refractivity contribution in [1.29, 1.82) is 5.26 Å². The molecular weight excluding hydrogens is 314 g/mol. The van der Waals surface area contributed by atoms with Gasteiger partial charge in [-0.2, -0.15) is 5.26 Å². The van der Waals surface area contributed by atoms with Gasteiger partial charge in [-0.05, 0) is 18.1 Å². The largest absolute Gasteiger partial charge is 0.354 e. The Hall–Kier alpha value is -3.14. The van der Waals surface area contributed by atoms with Crippen LogP contribution in [0.3, 0.4) is 0 Å². The van der Waals surface area contributed by atoms with Gasteiger partial charge in [-0.1, -0.05) is 6.92 Å². The number of nitriles is 1. The maximum Gasteiger partial charge on any atom is 0.132 e. The van der Waals surface area contributed by atoms with Crippen LogP contribution in [0.2, 0.25) is 0 Å². The van der Waals surface area contributed by atoms with Crippen LogP contribution in [-0.4, -0.2) is 32.6 Å². The molecule has 0 radical (unpaired) electrons. The number of rotatable bonds is 4. The normalized spacial score (nSPS) is 14.4. The van der Waals surface area contributed by atoms with E-state index in [2.05, 4.69) is 44.2 Å². The molecular formula is C18H19N7. The molecule has 7 heteroatoms. The molecule has 7 nitrogen and oxygen atoms in total. The number of aryl methyl sites for hydroxylation is 2. The fourth-order valence-corrected chi connectivity index (χ4v) is 3.05. The van der Waals surface area contributed by atoms with Crippen molar-refractivity contribution in [2.75, 3.05) is 23.3 Å². The zero-order valence-corrected chi connectivity index (χ0v) is 14.3. The van der Waals surface area contributed by atoms with Crippen LogP contribution in [0.25, 0.3) is 11.0 Å². The van der Waals surface area contributed by atoms with Crippen molar-refractivity contribution < 1.29 is 0 Å². The minimum Gasteiger partial charge on any atom is -0.354 e. The van der Waals surface area contributed by atoms with Gasteiger partial charge in [0, 0.05) is 26.2 Å². The van der Waals surface area contributed by atoms with Crippen LogP contribution in [0.4, 0.5) is 17.3 Å². The maximum absolute atomic E-state index is 8.92. The average Bonchev–Trinajstić information content (AvgIpc) is 2.96. The summed E-state index contributed by atoms with van der Waals surface area (Å²) in [5.41, 5.74) is 4.04. The first-order chi connectivity index (χ1) is 12.2. The molecule has 0 amide bonds. The van der Waals surface area contributed by atoms with Gasteiger partial charge in [-0.3, -0.25) is 0 Å². The molecule has 25 heavy (non-hydrogen) atoms. The molecule has 3 aromatic rings. The van der Waals surface area contributed by atoms with Gasteiger partial charge in [0.1, 0.15) is 17.2 Å². The predicted molar refractivity (Wildman–Crippen MR) is 96.7 cm³/mol. The molecule has 0 spiro atoms. The lowest BCUT2D eigenvalue weighted by atomic mass is 10.0. The number of anilines is 3. The van der Waals surface area contributed by atoms with Gasteiger partial charge < -0.3 is 14.8 Å². The summed E-state index contributed by atoms with van der Waals surface area (Å²) in [7, 11) is 1.97. The topological polar surface area (TPSA) is 82.7 Å². The summed E-state index contributed by atoms with van der Waals surface area (Å²) in [6.07, 6.45) is 6.29. The first kappa shape index (κ1) is 15.4. The summed E-state index contributed by atoms with van der Waals surface area (Å²) in [5, 5.41) is 12.3. The molecule has 0 atom stereocenters. The smallest absolute Gasteiger partial charge is 0.132 e. The molecule has 1 fully saturated rings. The first-order valence-electron chi connectivity index (χ1n) is 8.35. The molecule has 4 heterocycles. The highest BCUT2D eigenvalue weighted by Crippen LogP contribution is 2.28. The first-order valence-corrected chi connectivity index (χ1v) is 8.35. The van der Waals surface area contributed by atoms with Gasteiger partial charge in [0.05, 0.1) is 41.9 Å². The Morgan fingerprint density at radius 2 is 2.08 bits per heavy atom. The van der Waals surface area contributed by atoms with Gasteiger partial charge in [0.2, 0.25) is 0 Å². The fourth-order valence-electron chi connectivity index (χ4n) is 3.05. The highest BCUT2D eigenvalue weighted by Gasteiger charge is 2.27. The van der Waals surface area contributed by atoms with E-state index in [1.54, 1.807) is 12.5 Å². The second-order valence-electron chi connectivity index (χ2n) is 6.32. The van der Waals surface area contributed by atoms with E-state index < -0.39 is 0 Å². The van der Waals surface area contributed by atoms with E-state index in [0.29, 0.717) is 0 Å². The Kier molecular flexibility index (Phi) is 3.73. The standard InChI is InChI=1S/C18H19N7/c1-3-13-4-18(25-9-12(6-19)10-25)21-7-14(13)23-17-5-16-15(8-20-17)22-11-24(16)2/h4-5,7-8,11-12H,3,9-10H2,1-2H3,(H,20,23). The lowest BCUT2D eigenvalue weighted by Crippen LogP contribution is -2.46. The Balaban J connectivity index is 1.59. The van der Waals surface area contributed by atoms with Gasteiger partial charge in [0.15, 0.2) is 0 Å². The molecule has 1 saturated heterocycles. The number of nitrogens with zero attached hydrogens (tertiary/aromatic N) is 6. The zero-order valence-electron chi connectivity index (χ0n) is 14.3. The third-order valence-corrected chi connectivity index (χ3v) is 4.62. The van der Waals surface area contributed by atoms with Gasteiger partial charge in [-0.25, -0.2) is 15.0 Å². The van der Waals surface area contributed by atoms with Crippen molar-refractivity contribution in [3.8, 4) is 6.07 Å². The number of aromatic nitrogens is 4. The quantitative estimate of drug-likeness (QED) is 0.790. The summed E-state index contributed by atoms with van der Waals surface area (Å²) >= 11 is 0. The third-order valence-electron chi connectivity index (χ3n) is 4.62. The second kappa shape index (κ2) is 6.06. The number of fused-ring (bicyclic) bond motifs is 1. The van der Waals surface area contributed by atoms with Crippen LogP contribution in [0, 0.1) is 17.2 Å². The highest BCUT2D eigenvalue weighted by atomic mass is 15.2. The van der Waals surface area contributed by atoms with E-state index in [9.17, 15) is 0 Å². The number of pyridine rings is 2. The molecule has 1 aliphatic heterocycles. The molecule has 4 rings (SSSR count). The number of nitrogens with one attached hydrogen (secondary N) is 1. The maximum atomic E-state index is 8.92. The van der Waals surface area contributed by atoms with Crippen molar-refractivity contribution >= 4 is 28.4 Å². The van der Waals surface area contributed by atoms with Crippen molar-refractivity contribution in [2.45, 2.75) is 13.3 Å². The third kappa shape index (κ3) is 2.76. The van der Waals surface area contributed by atoms with Crippen LogP contribution in [0.5, 0.6) is 0 Å². The minimum absolute atomic E-state index is 0.125. The van der Waals surface area contributed by atoms with E-state index in [1.807, 2.05) is 23.9 Å². The van der Waals surface area contributed by atoms with Gasteiger partial charge >= 0.3 is 0 Å². The van der Waals surface area contributed by atoms with Crippen LogP contribution < -0.4 is 10.2 Å². The number of hydrogen-bond acceptors (Lipinski definition) is 6. The summed E-state index contributed by atoms with van der Waals surface area (Å²) < 4.78 is 1.97. The Bertz CT molecular complexity index is 963. The van der Waals surface area contributed by atoms with Crippen LogP contribution >= 0.6 is 0 Å². The summed E-state index contributed by atoms with van der Waals surface area (Å²) in [6.45, 7) is 3.65. The lowest BCUT2D eigenvalue weighted by molar-refractivity contribution is 0.499. The monoisotopic (exact) mass is 333 g/mol. The Labute approximate surface area is 145 Å². The lowest BCUT2D eigenvalue weighted by Gasteiger charge is -2.36. The summed E-state index contributed by atoms with van der Waals surface area (Å²) in [4.78, 5) is 15.4. The van der Waals surface area contributed by atoms with Crippen LogP contribution in [-0.2, 0) is 13.5 Å². The van der Waals surface area contributed by atoms with E-state index >= 15 is 0 Å². The molecule has 0 unspecified atom stereocenters. The van der Waals surface area contributed by atoms with Crippen LogP contribution in [0.1, 0.15) is 12.5 Å². The average molecular weight is 333 g/mol. The summed E-state index contributed by atoms with van der Waals surface area (Å²) in [6, 6.07) is 6.38. The molecule has 0 bridgehead atoms. The molecule has 126 valence electrons. The Morgan fingerprint density at radius 1 is 1.24 bits per heavy atom. The fraction of sp³-hybridized carbons (Fsp3) is 0.333. The van der Waals surface area contributed by atoms with Crippen molar-refractivity contribution in [3.05, 3.63) is 36.4 Å². The van der Waals surface area contributed by atoms with E-state index in [0.717, 1.165) is 47.9 Å². The molecule has 1 N–H and O–H groups in total. The molecule has 0 aliphatic carbocycles. The van der Waals surface area contributed by atoms with E-state index in [1.165, 1.54) is 5.56 Å². The summed E-state index contributed by atoms with van der Waals surface area (Å²) in [5.74, 6) is 1.83. The zero-order chi connectivity index (χ0) is 17.4. The van der Waals surface area contributed by atoms with Gasteiger partial charge in [-0.15, -0.1) is 0 Å². The molecule has 0 aromatic carbocycles. The van der Waals surface area contributed by atoms with E-state index in [4.69, 9.17) is 5.26 Å². The SMILES string of the molecule is CCc1cc(N2CC(C#N)C2)ncc1Nc1cc2c(cn1)ncn2C. The van der Waals surface area contributed by atoms with Crippen molar-refractivity contribution in [2.24, 2.45) is 13.0 Å². The molecule has 1 aliphatic rings. The Morgan fingerprint density at radius 3 is 2.84 bits per heavy atom. The van der Waals surface area contributed by atoms with Crippen LogP contribution in [0.15, 0.2) is 30.9 Å². The van der Waals surface area contributed by atoms with E-state index in [-0.39, 0.29) is 5.92 Å². The highest BCUT2D eigenvalue weighted by molar-refractivity contribution is 5.78. The van der Waals surface area contributed by atoms with Gasteiger partial charge in [0.25, 0.3) is 0 Å². The molecule has 0 saturated carbocycles. The van der Waals surface area contributed by atoms with Crippen molar-refractivity contribution in [3.63, 3.8) is 0 Å². The minimum atomic E-state index is 0.125. The second-order valence-corrected chi connectivity index (χ2v) is 6.32. The predicted octanol–water partition coefficient (Wildman–Crippen LogP) is 2.63. The number of hydrogen-bond donors (Lipinski definition) is 1. The van der Waals surface area contributed by atoms with Crippen molar-refractivity contribution in [1.82, 2.24) is 19.5 Å². The number of imidazole rings is 1. The molecule has 3 aromatic heterocycles.